The topological polar surface area (TPSA) is 204 Å². The average molecular weight is 650 g/mol. The van der Waals surface area contributed by atoms with Gasteiger partial charge in [0, 0.05) is 13.0 Å². The number of carbonyl (C=O) groups is 4. The Morgan fingerprint density at radius 2 is 1.53 bits per heavy atom. The maximum Gasteiger partial charge on any atom is 0.408 e. The first-order valence-corrected chi connectivity index (χ1v) is 16.3. The fourth-order valence-corrected chi connectivity index (χ4v) is 5.71. The predicted molar refractivity (Wildman–Crippen MR) is 166 cm³/mol. The van der Waals surface area contributed by atoms with Crippen molar-refractivity contribution in [2.45, 2.75) is 77.4 Å². The van der Waals surface area contributed by atoms with Gasteiger partial charge in [0.05, 0.1) is 6.16 Å². The number of aliphatic carboxylic acids is 1. The van der Waals surface area contributed by atoms with Gasteiger partial charge in [0.25, 0.3) is 0 Å². The largest absolute Gasteiger partial charge is 0.479 e. The van der Waals surface area contributed by atoms with Crippen molar-refractivity contribution in [1.82, 2.24) is 10.6 Å². The van der Waals surface area contributed by atoms with E-state index >= 15 is 0 Å². The third-order valence-corrected chi connectivity index (χ3v) is 7.96. The lowest BCUT2D eigenvalue weighted by molar-refractivity contribution is -0.157. The Labute approximate surface area is 263 Å². The maximum atomic E-state index is 13.1. The molecular formula is C31H44N3O10P. The molecule has 14 heteroatoms. The van der Waals surface area contributed by atoms with Gasteiger partial charge >= 0.3 is 25.6 Å². The maximum absolute atomic E-state index is 13.1. The van der Waals surface area contributed by atoms with Gasteiger partial charge in [0.15, 0.2) is 6.10 Å². The first-order chi connectivity index (χ1) is 21.0. The zero-order valence-electron chi connectivity index (χ0n) is 26.0. The van der Waals surface area contributed by atoms with Crippen LogP contribution in [0.25, 0.3) is 0 Å². The van der Waals surface area contributed by atoms with E-state index in [1.54, 1.807) is 64.1 Å². The minimum atomic E-state index is -4.45. The quantitative estimate of drug-likeness (QED) is 0.124. The van der Waals surface area contributed by atoms with E-state index in [2.05, 4.69) is 10.6 Å². The number of carboxylic acid groups (broad SMARTS) is 1. The van der Waals surface area contributed by atoms with Gasteiger partial charge in [-0.1, -0.05) is 67.6 Å². The summed E-state index contributed by atoms with van der Waals surface area (Å²) in [5.41, 5.74) is 6.58. The number of amides is 2. The number of esters is 1. The van der Waals surface area contributed by atoms with Crippen molar-refractivity contribution >= 4 is 31.5 Å². The van der Waals surface area contributed by atoms with Crippen LogP contribution in [0.1, 0.15) is 51.7 Å². The summed E-state index contributed by atoms with van der Waals surface area (Å²) >= 11 is 0. The Morgan fingerprint density at radius 3 is 2.09 bits per heavy atom. The van der Waals surface area contributed by atoms with Crippen LogP contribution in [0.2, 0.25) is 0 Å². The number of hydrogen-bond donors (Lipinski definition) is 5. The molecule has 0 aliphatic heterocycles. The van der Waals surface area contributed by atoms with Crippen LogP contribution < -0.4 is 16.4 Å². The highest BCUT2D eigenvalue weighted by Gasteiger charge is 2.33. The van der Waals surface area contributed by atoms with Crippen molar-refractivity contribution in [3.05, 3.63) is 71.8 Å². The third kappa shape index (κ3) is 15.2. The summed E-state index contributed by atoms with van der Waals surface area (Å²) in [7, 11) is -4.45. The number of alkyl carbamates (subject to hydrolysis) is 1. The molecule has 6 N–H and O–H groups in total. The lowest BCUT2D eigenvalue weighted by Gasteiger charge is -2.24. The zero-order chi connectivity index (χ0) is 33.6. The molecule has 2 rings (SSSR count). The number of carboxylic acids is 1. The normalized spacial score (nSPS) is 15.4. The number of ether oxygens (including phenoxy) is 2. The number of hydrogen-bond acceptors (Lipinski definition) is 9. The minimum Gasteiger partial charge on any atom is -0.479 e. The van der Waals surface area contributed by atoms with Crippen LogP contribution in [-0.4, -0.2) is 70.4 Å². The SMILES string of the molecule is CC(CNC(=O)C(Cc1ccccc1)NC(=O)OCc1ccccc1)CP(=O)(O)OC(CCC(N)C(=O)OC(C)(C)C)C(=O)O. The highest BCUT2D eigenvalue weighted by atomic mass is 31.2. The Bertz CT molecular complexity index is 1300. The zero-order valence-corrected chi connectivity index (χ0v) is 26.9. The summed E-state index contributed by atoms with van der Waals surface area (Å²) in [6, 6.07) is 15.9. The fourth-order valence-electron chi connectivity index (χ4n) is 4.11. The molecule has 5 unspecified atom stereocenters. The van der Waals surface area contributed by atoms with Crippen LogP contribution in [0.3, 0.4) is 0 Å². The summed E-state index contributed by atoms with van der Waals surface area (Å²) in [4.78, 5) is 59.9. The summed E-state index contributed by atoms with van der Waals surface area (Å²) in [6.07, 6.45) is -3.25. The molecule has 0 aliphatic carbocycles. The molecule has 2 aromatic rings. The van der Waals surface area contributed by atoms with Gasteiger partial charge < -0.3 is 35.8 Å². The van der Waals surface area contributed by atoms with Crippen molar-refractivity contribution in [3.8, 4) is 0 Å². The Morgan fingerprint density at radius 1 is 0.956 bits per heavy atom. The number of nitrogens with two attached hydrogens (primary N) is 1. The summed E-state index contributed by atoms with van der Waals surface area (Å²) in [5.74, 6) is -3.38. The Balaban J connectivity index is 1.94. The van der Waals surface area contributed by atoms with Gasteiger partial charge in [-0.05, 0) is 50.7 Å². The molecule has 0 heterocycles. The van der Waals surface area contributed by atoms with Crippen molar-refractivity contribution < 1.29 is 47.7 Å². The highest BCUT2D eigenvalue weighted by molar-refractivity contribution is 7.52. The third-order valence-electron chi connectivity index (χ3n) is 6.29. The van der Waals surface area contributed by atoms with Crippen molar-refractivity contribution in [2.24, 2.45) is 11.7 Å². The van der Waals surface area contributed by atoms with Gasteiger partial charge in [0.2, 0.25) is 5.91 Å². The molecular weight excluding hydrogens is 605 g/mol. The molecule has 0 aromatic heterocycles. The summed E-state index contributed by atoms with van der Waals surface area (Å²) in [6.45, 7) is 6.50. The molecule has 0 radical (unpaired) electrons. The van der Waals surface area contributed by atoms with Crippen LogP contribution in [0.4, 0.5) is 4.79 Å². The van der Waals surface area contributed by atoms with Gasteiger partial charge in [-0.25, -0.2) is 9.59 Å². The van der Waals surface area contributed by atoms with Gasteiger partial charge in [-0.3, -0.25) is 18.7 Å². The van der Waals surface area contributed by atoms with Crippen LogP contribution in [-0.2, 0) is 46.0 Å². The van der Waals surface area contributed by atoms with E-state index in [-0.39, 0.29) is 32.4 Å². The van der Waals surface area contributed by atoms with E-state index in [0.29, 0.717) is 0 Å². The highest BCUT2D eigenvalue weighted by Crippen LogP contribution is 2.45. The second kappa shape index (κ2) is 17.6. The van der Waals surface area contributed by atoms with E-state index < -0.39 is 67.4 Å². The average Bonchev–Trinajstić information content (AvgIpc) is 2.96. The first-order valence-electron chi connectivity index (χ1n) is 14.5. The van der Waals surface area contributed by atoms with E-state index in [4.69, 9.17) is 19.7 Å². The predicted octanol–water partition coefficient (Wildman–Crippen LogP) is 3.38. The van der Waals surface area contributed by atoms with Gasteiger partial charge in [-0.15, -0.1) is 0 Å². The Kier molecular flexibility index (Phi) is 14.7. The van der Waals surface area contributed by atoms with E-state index in [9.17, 15) is 33.7 Å². The molecule has 0 saturated heterocycles. The summed E-state index contributed by atoms with van der Waals surface area (Å²) in [5, 5.41) is 14.8. The molecule has 2 amide bonds. The summed E-state index contributed by atoms with van der Waals surface area (Å²) < 4.78 is 28.3. The molecule has 2 aromatic carbocycles. The van der Waals surface area contributed by atoms with Crippen LogP contribution in [0.15, 0.2) is 60.7 Å². The monoisotopic (exact) mass is 649 g/mol. The molecule has 248 valence electrons. The van der Waals surface area contributed by atoms with E-state index in [1.165, 1.54) is 0 Å². The van der Waals surface area contributed by atoms with E-state index in [1.807, 2.05) is 24.3 Å². The number of nitrogens with one attached hydrogen (secondary N) is 2. The minimum absolute atomic E-state index is 0.0133. The van der Waals surface area contributed by atoms with E-state index in [0.717, 1.165) is 11.1 Å². The Hall–Kier alpha value is -3.77. The van der Waals surface area contributed by atoms with Gasteiger partial charge in [0.1, 0.15) is 24.3 Å². The lowest BCUT2D eigenvalue weighted by atomic mass is 10.1. The molecule has 13 nitrogen and oxygen atoms in total. The van der Waals surface area contributed by atoms with Crippen molar-refractivity contribution in [3.63, 3.8) is 0 Å². The number of carbonyl (C=O) groups excluding carboxylic acids is 3. The van der Waals surface area contributed by atoms with Crippen LogP contribution >= 0.6 is 7.60 Å². The van der Waals surface area contributed by atoms with Crippen LogP contribution in [0, 0.1) is 5.92 Å². The standard InChI is InChI=1S/C31H44N3O10P/c1-21(20-45(40,41)44-26(28(36)37)16-15-24(32)29(38)43-31(2,3)4)18-33-27(35)25(17-22-11-7-5-8-12-22)34-30(39)42-19-23-13-9-6-10-14-23/h5-14,21,24-26H,15-20,32H2,1-4H3,(H,33,35)(H,34,39)(H,36,37)(H,40,41). The van der Waals surface area contributed by atoms with Crippen molar-refractivity contribution in [2.75, 3.05) is 12.7 Å². The molecule has 45 heavy (non-hydrogen) atoms. The van der Waals surface area contributed by atoms with Crippen molar-refractivity contribution in [1.29, 1.82) is 0 Å². The second-order valence-electron chi connectivity index (χ2n) is 11.8. The molecule has 0 spiro atoms. The fraction of sp³-hybridized carbons (Fsp3) is 0.484. The second-order valence-corrected chi connectivity index (χ2v) is 13.6. The number of benzene rings is 2. The van der Waals surface area contributed by atoms with Gasteiger partial charge in [-0.2, -0.15) is 0 Å². The smallest absolute Gasteiger partial charge is 0.408 e. The first kappa shape index (κ1) is 37.4. The molecule has 0 fully saturated rings. The van der Waals surface area contributed by atoms with Crippen LogP contribution in [0.5, 0.6) is 0 Å². The molecule has 5 atom stereocenters. The molecule has 0 aliphatic rings. The molecule has 0 saturated carbocycles. The number of rotatable bonds is 17. The molecule has 0 bridgehead atoms. The lowest BCUT2D eigenvalue weighted by Crippen LogP contribution is -2.49.